The molecule has 2 aromatic rings. The summed E-state index contributed by atoms with van der Waals surface area (Å²) in [7, 11) is 1.51. The number of nitrogens with two attached hydrogens (primary N) is 1. The molecule has 0 atom stereocenters. The molecule has 1 aromatic carbocycles. The highest BCUT2D eigenvalue weighted by Gasteiger charge is 2.10. The van der Waals surface area contributed by atoms with Gasteiger partial charge in [-0.3, -0.25) is 10.2 Å². The van der Waals surface area contributed by atoms with Crippen molar-refractivity contribution in [3.63, 3.8) is 0 Å². The Morgan fingerprint density at radius 1 is 1.48 bits per heavy atom. The van der Waals surface area contributed by atoms with E-state index in [9.17, 15) is 4.79 Å². The van der Waals surface area contributed by atoms with E-state index in [0.717, 1.165) is 0 Å². The van der Waals surface area contributed by atoms with Gasteiger partial charge < -0.3 is 9.47 Å². The number of rotatable bonds is 5. The first-order valence-corrected chi connectivity index (χ1v) is 6.71. The lowest BCUT2D eigenvalue weighted by Crippen LogP contribution is -2.29. The van der Waals surface area contributed by atoms with Gasteiger partial charge in [-0.1, -0.05) is 0 Å². The molecule has 0 saturated heterocycles. The maximum absolute atomic E-state index is 11.3. The second kappa shape index (κ2) is 6.69. The number of benzene rings is 1. The van der Waals surface area contributed by atoms with Gasteiger partial charge in [0.2, 0.25) is 0 Å². The average Bonchev–Trinajstić information content (AvgIpc) is 3.00. The Bertz CT molecular complexity index is 693. The molecule has 0 spiro atoms. The quantitative estimate of drug-likeness (QED) is 0.488. The number of hydrogen-bond donors (Lipinski definition) is 2. The first-order valence-electron chi connectivity index (χ1n) is 5.83. The molecule has 1 heterocycles. The monoisotopic (exact) mass is 304 g/mol. The van der Waals surface area contributed by atoms with Crippen molar-refractivity contribution in [3.8, 4) is 17.6 Å². The van der Waals surface area contributed by atoms with Crippen LogP contribution in [0.15, 0.2) is 23.6 Å². The average molecular weight is 304 g/mol. The fourth-order valence-corrected chi connectivity index (χ4v) is 2.24. The van der Waals surface area contributed by atoms with Crippen molar-refractivity contribution >= 4 is 17.2 Å². The molecule has 2 rings (SSSR count). The second-order valence-electron chi connectivity index (χ2n) is 3.92. The van der Waals surface area contributed by atoms with Crippen LogP contribution in [0.4, 0.5) is 0 Å². The van der Waals surface area contributed by atoms with Crippen molar-refractivity contribution in [3.05, 3.63) is 39.8 Å². The van der Waals surface area contributed by atoms with Crippen molar-refractivity contribution in [1.82, 2.24) is 10.4 Å². The van der Waals surface area contributed by atoms with Gasteiger partial charge in [0.05, 0.1) is 24.4 Å². The van der Waals surface area contributed by atoms with Gasteiger partial charge in [-0.25, -0.2) is 10.8 Å². The Hall–Kier alpha value is -2.63. The molecular weight excluding hydrogens is 292 g/mol. The number of hydrazine groups is 1. The number of amides is 1. The van der Waals surface area contributed by atoms with Gasteiger partial charge in [0, 0.05) is 11.4 Å². The largest absolute Gasteiger partial charge is 0.497 e. The Kier molecular flexibility index (Phi) is 4.71. The number of methoxy groups -OCH3 is 1. The number of nitrogens with zero attached hydrogens (tertiary/aromatic N) is 2. The topological polar surface area (TPSA) is 110 Å². The Balaban J connectivity index is 2.08. The third-order valence-electron chi connectivity index (χ3n) is 2.51. The van der Waals surface area contributed by atoms with Crippen LogP contribution in [-0.2, 0) is 6.61 Å². The summed E-state index contributed by atoms with van der Waals surface area (Å²) in [5, 5.41) is 10.9. The summed E-state index contributed by atoms with van der Waals surface area (Å²) in [5.74, 6) is 5.61. The molecule has 3 N–H and O–H groups in total. The fraction of sp³-hybridized carbons (Fsp3) is 0.154. The van der Waals surface area contributed by atoms with Gasteiger partial charge in [0.15, 0.2) is 5.01 Å². The molecule has 7 nitrogen and oxygen atoms in total. The van der Waals surface area contributed by atoms with Crippen molar-refractivity contribution < 1.29 is 14.3 Å². The Labute approximate surface area is 124 Å². The molecule has 0 saturated carbocycles. The van der Waals surface area contributed by atoms with Crippen LogP contribution < -0.4 is 20.7 Å². The highest BCUT2D eigenvalue weighted by Crippen LogP contribution is 2.23. The fourth-order valence-electron chi connectivity index (χ4n) is 1.53. The lowest BCUT2D eigenvalue weighted by Gasteiger charge is -2.07. The van der Waals surface area contributed by atoms with Gasteiger partial charge >= 0.3 is 0 Å². The summed E-state index contributed by atoms with van der Waals surface area (Å²) in [6.45, 7) is 0.173. The Morgan fingerprint density at radius 2 is 2.24 bits per heavy atom. The minimum absolute atomic E-state index is 0.173. The summed E-state index contributed by atoms with van der Waals surface area (Å²) in [5.41, 5.74) is 3.05. The molecule has 0 aliphatic carbocycles. The van der Waals surface area contributed by atoms with Crippen molar-refractivity contribution in [2.24, 2.45) is 5.84 Å². The third kappa shape index (κ3) is 3.68. The van der Waals surface area contributed by atoms with E-state index >= 15 is 0 Å². The van der Waals surface area contributed by atoms with Crippen LogP contribution in [0.2, 0.25) is 0 Å². The maximum Gasteiger partial charge on any atom is 0.294 e. The zero-order chi connectivity index (χ0) is 15.2. The van der Waals surface area contributed by atoms with E-state index in [1.807, 2.05) is 11.5 Å². The standard InChI is InChI=1S/C13H12N4O3S/c1-19-10-2-8(5-14)3-11(4-10)20-6-9-7-21-13(16-9)12(18)17-15/h2-4,7H,6,15H2,1H3,(H,17,18). The smallest absolute Gasteiger partial charge is 0.294 e. The van der Waals surface area contributed by atoms with Crippen molar-refractivity contribution in [2.45, 2.75) is 6.61 Å². The van der Waals surface area contributed by atoms with E-state index in [4.69, 9.17) is 20.6 Å². The molecule has 0 fully saturated rings. The summed E-state index contributed by atoms with van der Waals surface area (Å²) in [4.78, 5) is 15.4. The van der Waals surface area contributed by atoms with Crippen LogP contribution in [0.5, 0.6) is 11.5 Å². The first-order chi connectivity index (χ1) is 10.2. The van der Waals surface area contributed by atoms with E-state index in [0.29, 0.717) is 22.8 Å². The number of carbonyl (C=O) groups excluding carboxylic acids is 1. The highest BCUT2D eigenvalue weighted by atomic mass is 32.1. The highest BCUT2D eigenvalue weighted by molar-refractivity contribution is 7.11. The van der Waals surface area contributed by atoms with E-state index < -0.39 is 5.91 Å². The number of thiazole rings is 1. The molecule has 0 aliphatic heterocycles. The number of ether oxygens (including phenoxy) is 2. The molecule has 1 aromatic heterocycles. The summed E-state index contributed by atoms with van der Waals surface area (Å²) >= 11 is 1.17. The van der Waals surface area contributed by atoms with Gasteiger partial charge in [-0.15, -0.1) is 11.3 Å². The van der Waals surface area contributed by atoms with Gasteiger partial charge in [0.25, 0.3) is 5.91 Å². The second-order valence-corrected chi connectivity index (χ2v) is 4.77. The van der Waals surface area contributed by atoms with Crippen LogP contribution >= 0.6 is 11.3 Å². The van der Waals surface area contributed by atoms with Gasteiger partial charge in [0.1, 0.15) is 18.1 Å². The zero-order valence-corrected chi connectivity index (χ0v) is 11.9. The normalized spacial score (nSPS) is 9.76. The maximum atomic E-state index is 11.3. The van der Waals surface area contributed by atoms with Crippen LogP contribution in [0.25, 0.3) is 0 Å². The minimum atomic E-state index is -0.445. The zero-order valence-electron chi connectivity index (χ0n) is 11.1. The first kappa shape index (κ1) is 14.8. The SMILES string of the molecule is COc1cc(C#N)cc(OCc2csc(C(=O)NN)n2)c1. The van der Waals surface area contributed by atoms with Crippen LogP contribution in [0.3, 0.4) is 0 Å². The van der Waals surface area contributed by atoms with E-state index in [1.54, 1.807) is 23.6 Å². The molecule has 8 heteroatoms. The van der Waals surface area contributed by atoms with Gasteiger partial charge in [-0.05, 0) is 12.1 Å². The van der Waals surface area contributed by atoms with Crippen LogP contribution in [0, 0.1) is 11.3 Å². The lowest BCUT2D eigenvalue weighted by atomic mass is 10.2. The molecule has 1 amide bonds. The minimum Gasteiger partial charge on any atom is -0.497 e. The third-order valence-corrected chi connectivity index (χ3v) is 3.40. The summed E-state index contributed by atoms with van der Waals surface area (Å²) in [6, 6.07) is 6.90. The van der Waals surface area contributed by atoms with Crippen molar-refractivity contribution in [1.29, 1.82) is 5.26 Å². The van der Waals surface area contributed by atoms with E-state index in [-0.39, 0.29) is 11.6 Å². The summed E-state index contributed by atoms with van der Waals surface area (Å²) < 4.78 is 10.6. The number of carbonyl (C=O) groups is 1. The van der Waals surface area contributed by atoms with Crippen LogP contribution in [-0.4, -0.2) is 18.0 Å². The molecule has 108 valence electrons. The van der Waals surface area contributed by atoms with E-state index in [2.05, 4.69) is 4.98 Å². The van der Waals surface area contributed by atoms with Crippen LogP contribution in [0.1, 0.15) is 21.1 Å². The summed E-state index contributed by atoms with van der Waals surface area (Å²) in [6.07, 6.45) is 0. The van der Waals surface area contributed by atoms with E-state index in [1.165, 1.54) is 18.4 Å². The molecule has 0 bridgehead atoms. The predicted molar refractivity (Wildman–Crippen MR) is 75.8 cm³/mol. The van der Waals surface area contributed by atoms with Crippen molar-refractivity contribution in [2.75, 3.05) is 7.11 Å². The molecule has 21 heavy (non-hydrogen) atoms. The molecule has 0 unspecified atom stereocenters. The Morgan fingerprint density at radius 3 is 2.90 bits per heavy atom. The lowest BCUT2D eigenvalue weighted by molar-refractivity contribution is 0.0953. The predicted octanol–water partition coefficient (Wildman–Crippen LogP) is 1.21. The number of nitrogens with one attached hydrogen (secondary N) is 1. The number of aromatic nitrogens is 1. The number of hydrogen-bond acceptors (Lipinski definition) is 7. The number of nitriles is 1. The molecule has 0 aliphatic rings. The molecule has 0 radical (unpaired) electrons. The number of nitrogen functional groups attached to an aromatic ring is 1. The molecular formula is C13H12N4O3S. The van der Waals surface area contributed by atoms with Gasteiger partial charge in [-0.2, -0.15) is 5.26 Å².